The minimum Gasteiger partial charge on any atom is -0.493 e. The second-order valence-electron chi connectivity index (χ2n) is 3.32. The summed E-state index contributed by atoms with van der Waals surface area (Å²) in [6.45, 7) is 0. The lowest BCUT2D eigenvalue weighted by atomic mass is 10.1. The van der Waals surface area contributed by atoms with Crippen LogP contribution in [-0.2, 0) is 0 Å². The summed E-state index contributed by atoms with van der Waals surface area (Å²) in [6.07, 6.45) is 1.57. The third-order valence-corrected chi connectivity index (χ3v) is 2.44. The van der Waals surface area contributed by atoms with Crippen molar-refractivity contribution >= 4 is 17.3 Å². The fourth-order valence-corrected chi connectivity index (χ4v) is 1.61. The van der Waals surface area contributed by atoms with Gasteiger partial charge in [-0.15, -0.1) is 0 Å². The van der Waals surface area contributed by atoms with Crippen LogP contribution in [0.5, 0.6) is 11.5 Å². The molecule has 0 unspecified atom stereocenters. The third kappa shape index (κ3) is 1.65. The number of aldehydes is 1. The van der Waals surface area contributed by atoms with Crippen LogP contribution in [0.1, 0.15) is 10.4 Å². The molecule has 0 atom stereocenters. The van der Waals surface area contributed by atoms with E-state index in [2.05, 4.69) is 0 Å². The van der Waals surface area contributed by atoms with Gasteiger partial charge < -0.3 is 13.9 Å². The molecule has 1 heterocycles. The Hall–Kier alpha value is -2.30. The van der Waals surface area contributed by atoms with Crippen molar-refractivity contribution < 1.29 is 18.7 Å². The van der Waals surface area contributed by atoms with Crippen LogP contribution < -0.4 is 14.9 Å². The number of carbonyl (C=O) groups excluding carboxylic acids is 1. The van der Waals surface area contributed by atoms with E-state index in [0.29, 0.717) is 17.8 Å². The van der Waals surface area contributed by atoms with Crippen LogP contribution in [0.2, 0.25) is 0 Å². The molecule has 0 fully saturated rings. The summed E-state index contributed by atoms with van der Waals surface area (Å²) in [4.78, 5) is 22.5. The molecule has 88 valence electrons. The Kier molecular flexibility index (Phi) is 2.82. The molecule has 0 N–H and O–H groups in total. The Morgan fingerprint density at radius 2 is 2.00 bits per heavy atom. The van der Waals surface area contributed by atoms with Crippen molar-refractivity contribution in [3.8, 4) is 11.5 Å². The first-order valence-electron chi connectivity index (χ1n) is 4.84. The molecule has 1 aromatic heterocycles. The van der Waals surface area contributed by atoms with E-state index in [9.17, 15) is 9.59 Å². The molecule has 0 amide bonds. The van der Waals surface area contributed by atoms with Gasteiger partial charge in [-0.1, -0.05) is 0 Å². The van der Waals surface area contributed by atoms with Crippen molar-refractivity contribution in [2.24, 2.45) is 0 Å². The van der Waals surface area contributed by atoms with Crippen molar-refractivity contribution in [3.05, 3.63) is 34.2 Å². The van der Waals surface area contributed by atoms with Crippen molar-refractivity contribution in [2.45, 2.75) is 0 Å². The van der Waals surface area contributed by atoms with E-state index in [1.54, 1.807) is 6.07 Å². The first-order chi connectivity index (χ1) is 8.22. The van der Waals surface area contributed by atoms with Crippen molar-refractivity contribution in [1.29, 1.82) is 0 Å². The number of hydrogen-bond acceptors (Lipinski definition) is 5. The van der Waals surface area contributed by atoms with Crippen molar-refractivity contribution in [3.63, 3.8) is 0 Å². The van der Waals surface area contributed by atoms with Gasteiger partial charge in [0.2, 0.25) is 11.2 Å². The number of benzene rings is 1. The van der Waals surface area contributed by atoms with E-state index in [0.717, 1.165) is 6.26 Å². The Bertz CT molecular complexity index is 627. The van der Waals surface area contributed by atoms with E-state index in [1.165, 1.54) is 20.3 Å². The molecule has 17 heavy (non-hydrogen) atoms. The molecule has 5 heteroatoms. The van der Waals surface area contributed by atoms with E-state index in [4.69, 9.17) is 13.9 Å². The maximum Gasteiger partial charge on any atom is 0.204 e. The van der Waals surface area contributed by atoms with Gasteiger partial charge in [0.15, 0.2) is 17.6 Å². The first-order valence-corrected chi connectivity index (χ1v) is 4.84. The quantitative estimate of drug-likeness (QED) is 0.755. The molecule has 2 rings (SSSR count). The third-order valence-electron chi connectivity index (χ3n) is 2.44. The second kappa shape index (κ2) is 4.29. The summed E-state index contributed by atoms with van der Waals surface area (Å²) in [5.41, 5.74) is -0.144. The monoisotopic (exact) mass is 234 g/mol. The molecule has 0 aliphatic carbocycles. The van der Waals surface area contributed by atoms with Crippen LogP contribution in [0.15, 0.2) is 27.6 Å². The summed E-state index contributed by atoms with van der Waals surface area (Å²) in [6, 6.07) is 3.13. The molecule has 0 spiro atoms. The van der Waals surface area contributed by atoms with Crippen LogP contribution in [0, 0.1) is 0 Å². The van der Waals surface area contributed by atoms with Gasteiger partial charge in [-0.05, 0) is 12.1 Å². The fourth-order valence-electron chi connectivity index (χ4n) is 1.61. The molecular weight excluding hydrogens is 224 g/mol. The topological polar surface area (TPSA) is 65.7 Å². The van der Waals surface area contributed by atoms with Crippen LogP contribution in [0.4, 0.5) is 0 Å². The van der Waals surface area contributed by atoms with Gasteiger partial charge >= 0.3 is 0 Å². The highest BCUT2D eigenvalue weighted by Crippen LogP contribution is 2.33. The lowest BCUT2D eigenvalue weighted by Gasteiger charge is -2.08. The Balaban J connectivity index is 2.88. The molecule has 5 nitrogen and oxygen atoms in total. The maximum absolute atomic E-state index is 11.8. The average Bonchev–Trinajstić information content (AvgIpc) is 2.37. The molecule has 0 saturated carbocycles. The summed E-state index contributed by atoms with van der Waals surface area (Å²) in [5, 5.41) is 0.284. The first kappa shape index (κ1) is 11.2. The Morgan fingerprint density at radius 1 is 1.24 bits per heavy atom. The molecule has 0 bridgehead atoms. The molecule has 0 aliphatic rings. The maximum atomic E-state index is 11.8. The SMILES string of the molecule is COc1ccc2c(=O)c(C=O)coc2c1OC. The van der Waals surface area contributed by atoms with Crippen LogP contribution in [0.25, 0.3) is 11.0 Å². The summed E-state index contributed by atoms with van der Waals surface area (Å²) >= 11 is 0. The smallest absolute Gasteiger partial charge is 0.204 e. The molecule has 0 saturated heterocycles. The molecule has 0 radical (unpaired) electrons. The number of carbonyl (C=O) groups is 1. The van der Waals surface area contributed by atoms with Gasteiger partial charge in [-0.25, -0.2) is 0 Å². The van der Waals surface area contributed by atoms with Crippen LogP contribution in [0.3, 0.4) is 0 Å². The number of fused-ring (bicyclic) bond motifs is 1. The summed E-state index contributed by atoms with van der Waals surface area (Å²) < 4.78 is 15.5. The standard InChI is InChI=1S/C12H10O5/c1-15-9-4-3-8-10(14)7(5-13)6-17-11(8)12(9)16-2/h3-6H,1-2H3. The number of methoxy groups -OCH3 is 2. The van der Waals surface area contributed by atoms with Crippen LogP contribution in [-0.4, -0.2) is 20.5 Å². The normalized spacial score (nSPS) is 10.2. The second-order valence-corrected chi connectivity index (χ2v) is 3.32. The fraction of sp³-hybridized carbons (Fsp3) is 0.167. The zero-order chi connectivity index (χ0) is 12.4. The molecule has 2 aromatic rings. The lowest BCUT2D eigenvalue weighted by molar-refractivity contribution is 0.112. The highest BCUT2D eigenvalue weighted by Gasteiger charge is 2.14. The van der Waals surface area contributed by atoms with Crippen LogP contribution >= 0.6 is 0 Å². The van der Waals surface area contributed by atoms with Crippen molar-refractivity contribution in [1.82, 2.24) is 0 Å². The zero-order valence-corrected chi connectivity index (χ0v) is 9.35. The highest BCUT2D eigenvalue weighted by atomic mass is 16.5. The highest BCUT2D eigenvalue weighted by molar-refractivity contribution is 5.89. The van der Waals surface area contributed by atoms with E-state index in [1.807, 2.05) is 0 Å². The molecule has 1 aromatic carbocycles. The van der Waals surface area contributed by atoms with Crippen molar-refractivity contribution in [2.75, 3.05) is 14.2 Å². The zero-order valence-electron chi connectivity index (χ0n) is 9.35. The number of ether oxygens (including phenoxy) is 2. The van der Waals surface area contributed by atoms with E-state index < -0.39 is 0 Å². The van der Waals surface area contributed by atoms with Gasteiger partial charge in [0.05, 0.1) is 25.2 Å². The van der Waals surface area contributed by atoms with Gasteiger partial charge in [-0.3, -0.25) is 9.59 Å². The largest absolute Gasteiger partial charge is 0.493 e. The number of rotatable bonds is 3. The molecular formula is C12H10O5. The summed E-state index contributed by atoms with van der Waals surface area (Å²) in [7, 11) is 2.94. The van der Waals surface area contributed by atoms with Gasteiger partial charge in [0, 0.05) is 0 Å². The van der Waals surface area contributed by atoms with E-state index >= 15 is 0 Å². The van der Waals surface area contributed by atoms with Gasteiger partial charge in [-0.2, -0.15) is 0 Å². The van der Waals surface area contributed by atoms with Gasteiger partial charge in [0.1, 0.15) is 6.26 Å². The average molecular weight is 234 g/mol. The van der Waals surface area contributed by atoms with E-state index in [-0.39, 0.29) is 22.0 Å². The lowest BCUT2D eigenvalue weighted by Crippen LogP contribution is -2.08. The predicted octanol–water partition coefficient (Wildman–Crippen LogP) is 1.62. The summed E-state index contributed by atoms with van der Waals surface area (Å²) in [5.74, 6) is 0.793. The Labute approximate surface area is 96.6 Å². The Morgan fingerprint density at radius 3 is 2.59 bits per heavy atom. The number of hydrogen-bond donors (Lipinski definition) is 0. The minimum absolute atomic E-state index is 0.0234. The predicted molar refractivity (Wildman–Crippen MR) is 61.0 cm³/mol. The van der Waals surface area contributed by atoms with Gasteiger partial charge in [0.25, 0.3) is 0 Å². The molecule has 0 aliphatic heterocycles. The minimum atomic E-state index is -0.387.